The van der Waals surface area contributed by atoms with E-state index in [0.29, 0.717) is 16.9 Å². The smallest absolute Gasteiger partial charge is 0.261 e. The molecule has 0 N–H and O–H groups in total. The molecule has 2 aromatic rings. The number of benzene rings is 2. The van der Waals surface area contributed by atoms with Gasteiger partial charge in [-0.1, -0.05) is 142 Å². The second kappa shape index (κ2) is 18.1. The van der Waals surface area contributed by atoms with Gasteiger partial charge in [-0.25, -0.2) is 0 Å². The lowest BCUT2D eigenvalue weighted by molar-refractivity contribution is 0.0517. The quantitative estimate of drug-likeness (QED) is 0.108. The minimum Gasteiger partial charge on any atom is -0.496 e. The summed E-state index contributed by atoms with van der Waals surface area (Å²) in [6.45, 7) is 4.53. The largest absolute Gasteiger partial charge is 0.496 e. The predicted molar refractivity (Wildman–Crippen MR) is 168 cm³/mol. The summed E-state index contributed by atoms with van der Waals surface area (Å²) in [4.78, 5) is 29.3. The molecule has 0 bridgehead atoms. The first-order valence-corrected chi connectivity index (χ1v) is 16.6. The maximum Gasteiger partial charge on any atom is 0.261 e. The number of carbonyl (C=O) groups excluding carboxylic acids is 2. The molecule has 0 unspecified atom stereocenters. The molecule has 222 valence electrons. The van der Waals surface area contributed by atoms with Crippen LogP contribution in [0.2, 0.25) is 0 Å². The molecule has 2 amide bonds. The van der Waals surface area contributed by atoms with E-state index in [-0.39, 0.29) is 17.9 Å². The first-order valence-electron chi connectivity index (χ1n) is 16.6. The van der Waals surface area contributed by atoms with E-state index in [1.807, 2.05) is 30.3 Å². The van der Waals surface area contributed by atoms with Crippen LogP contribution in [0, 0.1) is 0 Å². The third kappa shape index (κ3) is 9.08. The van der Waals surface area contributed by atoms with Crippen LogP contribution in [0.25, 0.3) is 10.8 Å². The van der Waals surface area contributed by atoms with E-state index in [4.69, 9.17) is 4.74 Å². The Morgan fingerprint density at radius 1 is 0.600 bits per heavy atom. The van der Waals surface area contributed by atoms with Crippen molar-refractivity contribution in [3.63, 3.8) is 0 Å². The molecule has 4 nitrogen and oxygen atoms in total. The van der Waals surface area contributed by atoms with Gasteiger partial charge in [0.1, 0.15) is 5.75 Å². The van der Waals surface area contributed by atoms with Crippen molar-refractivity contribution in [2.24, 2.45) is 0 Å². The summed E-state index contributed by atoms with van der Waals surface area (Å²) in [5.41, 5.74) is 1.27. The van der Waals surface area contributed by atoms with Crippen LogP contribution >= 0.6 is 0 Å². The summed E-state index contributed by atoms with van der Waals surface area (Å²) in [7, 11) is 1.63. The first-order chi connectivity index (χ1) is 19.6. The topological polar surface area (TPSA) is 46.6 Å². The van der Waals surface area contributed by atoms with Crippen molar-refractivity contribution >= 4 is 22.6 Å². The van der Waals surface area contributed by atoms with Crippen molar-refractivity contribution in [2.45, 2.75) is 148 Å². The molecule has 0 radical (unpaired) electrons. The van der Waals surface area contributed by atoms with E-state index in [2.05, 4.69) is 13.8 Å². The van der Waals surface area contributed by atoms with Crippen molar-refractivity contribution < 1.29 is 14.3 Å². The number of hydrogen-bond acceptors (Lipinski definition) is 3. The molecule has 0 saturated carbocycles. The Kier molecular flexibility index (Phi) is 14.6. The van der Waals surface area contributed by atoms with Crippen LogP contribution in [0.1, 0.15) is 163 Å². The van der Waals surface area contributed by atoms with Gasteiger partial charge in [-0.2, -0.15) is 0 Å². The molecule has 4 heteroatoms. The van der Waals surface area contributed by atoms with E-state index in [1.54, 1.807) is 12.0 Å². The second-order valence-corrected chi connectivity index (χ2v) is 11.9. The van der Waals surface area contributed by atoms with Crippen LogP contribution in [0.15, 0.2) is 30.3 Å². The van der Waals surface area contributed by atoms with Gasteiger partial charge >= 0.3 is 0 Å². The molecule has 2 aromatic carbocycles. The summed E-state index contributed by atoms with van der Waals surface area (Å²) >= 11 is 0. The molecule has 1 heterocycles. The highest BCUT2D eigenvalue weighted by Crippen LogP contribution is 2.37. The van der Waals surface area contributed by atoms with Gasteiger partial charge in [0.05, 0.1) is 7.11 Å². The first kappa shape index (κ1) is 32.2. The molecule has 0 aromatic heterocycles. The minimum atomic E-state index is -0.131. The number of rotatable bonds is 22. The molecule has 0 fully saturated rings. The summed E-state index contributed by atoms with van der Waals surface area (Å²) in [6.07, 6.45) is 24.8. The molecule has 3 rings (SSSR count). The van der Waals surface area contributed by atoms with E-state index in [0.717, 1.165) is 36.5 Å². The van der Waals surface area contributed by atoms with Gasteiger partial charge in [0.15, 0.2) is 0 Å². The minimum absolute atomic E-state index is 0.0281. The fraction of sp³-hybridized carbons (Fsp3) is 0.667. The fourth-order valence-electron chi connectivity index (χ4n) is 6.38. The molecule has 40 heavy (non-hydrogen) atoms. The van der Waals surface area contributed by atoms with E-state index in [1.165, 1.54) is 103 Å². The van der Waals surface area contributed by atoms with Gasteiger partial charge in [0.25, 0.3) is 11.8 Å². The lowest BCUT2D eigenvalue weighted by atomic mass is 9.90. The number of carbonyl (C=O) groups is 2. The average Bonchev–Trinajstić information content (AvgIpc) is 2.97. The van der Waals surface area contributed by atoms with Gasteiger partial charge in [0, 0.05) is 27.9 Å². The fourth-order valence-corrected chi connectivity index (χ4v) is 6.38. The van der Waals surface area contributed by atoms with Crippen LogP contribution in [0.3, 0.4) is 0 Å². The number of imide groups is 1. The van der Waals surface area contributed by atoms with Crippen molar-refractivity contribution in [3.8, 4) is 5.75 Å². The highest BCUT2D eigenvalue weighted by Gasteiger charge is 2.37. The van der Waals surface area contributed by atoms with Gasteiger partial charge in [-0.05, 0) is 31.0 Å². The van der Waals surface area contributed by atoms with E-state index < -0.39 is 0 Å². The maximum atomic E-state index is 13.8. The number of hydrogen-bond donors (Lipinski definition) is 0. The highest BCUT2D eigenvalue weighted by molar-refractivity contribution is 6.26. The molecular weight excluding hydrogens is 494 g/mol. The molecule has 0 saturated heterocycles. The average molecular weight is 550 g/mol. The molecule has 0 atom stereocenters. The molecule has 0 aliphatic carbocycles. The van der Waals surface area contributed by atoms with Gasteiger partial charge < -0.3 is 4.74 Å². The summed E-state index contributed by atoms with van der Waals surface area (Å²) < 4.78 is 5.54. The lowest BCUT2D eigenvalue weighted by Gasteiger charge is -2.34. The Morgan fingerprint density at radius 3 is 1.52 bits per heavy atom. The van der Waals surface area contributed by atoms with Crippen molar-refractivity contribution in [1.82, 2.24) is 4.90 Å². The van der Waals surface area contributed by atoms with Gasteiger partial charge in [-0.15, -0.1) is 0 Å². The number of ether oxygens (including phenoxy) is 1. The number of methoxy groups -OCH3 is 1. The van der Waals surface area contributed by atoms with Crippen molar-refractivity contribution in [2.75, 3.05) is 7.11 Å². The van der Waals surface area contributed by atoms with Gasteiger partial charge in [0.2, 0.25) is 0 Å². The Hall–Kier alpha value is -2.36. The number of nitrogens with zero attached hydrogens (tertiary/aromatic N) is 1. The Bertz CT molecular complexity index is 1000. The zero-order valence-electron chi connectivity index (χ0n) is 25.8. The summed E-state index contributed by atoms with van der Waals surface area (Å²) in [5, 5.41) is 1.59. The van der Waals surface area contributed by atoms with Gasteiger partial charge in [-0.3, -0.25) is 14.5 Å². The van der Waals surface area contributed by atoms with Crippen molar-refractivity contribution in [3.05, 3.63) is 41.5 Å². The Balaban J connectivity index is 1.61. The monoisotopic (exact) mass is 549 g/mol. The van der Waals surface area contributed by atoms with Crippen LogP contribution in [-0.4, -0.2) is 29.9 Å². The van der Waals surface area contributed by atoms with Crippen molar-refractivity contribution in [1.29, 1.82) is 0 Å². The third-order valence-electron chi connectivity index (χ3n) is 8.77. The Morgan fingerprint density at radius 2 is 1.05 bits per heavy atom. The normalized spacial score (nSPS) is 13.2. The second-order valence-electron chi connectivity index (χ2n) is 11.9. The zero-order valence-corrected chi connectivity index (χ0v) is 25.8. The van der Waals surface area contributed by atoms with Crippen LogP contribution in [0.5, 0.6) is 5.75 Å². The third-order valence-corrected chi connectivity index (χ3v) is 8.77. The molecular formula is C36H55NO3. The van der Waals surface area contributed by atoms with E-state index in [9.17, 15) is 9.59 Å². The number of amides is 2. The van der Waals surface area contributed by atoms with Crippen LogP contribution in [0.4, 0.5) is 0 Å². The van der Waals surface area contributed by atoms with E-state index >= 15 is 0 Å². The molecule has 0 spiro atoms. The molecule has 1 aliphatic rings. The maximum absolute atomic E-state index is 13.8. The Labute approximate surface area is 244 Å². The van der Waals surface area contributed by atoms with Crippen LogP contribution < -0.4 is 4.74 Å². The SMILES string of the molecule is CCCCCCCCCCCC(CCCCCCCCCCC)N1C(=O)c2cccc3c(OC)ccc(c23)C1=O. The summed E-state index contributed by atoms with van der Waals surface area (Å²) in [5.74, 6) is 0.442. The zero-order chi connectivity index (χ0) is 28.6. The standard InChI is InChI=1S/C36H55NO3/c1-4-6-8-10-12-14-16-18-20-23-29(24-21-19-17-15-13-11-9-7-5-2)37-35(38)31-26-22-25-30-33(40-3)28-27-32(34(30)31)36(37)39/h22,25-29H,4-21,23-24H2,1-3H3. The number of unbranched alkanes of at least 4 members (excludes halogenated alkanes) is 16. The molecule has 1 aliphatic heterocycles. The highest BCUT2D eigenvalue weighted by atomic mass is 16.5. The lowest BCUT2D eigenvalue weighted by Crippen LogP contribution is -2.47. The van der Waals surface area contributed by atoms with Crippen LogP contribution in [-0.2, 0) is 0 Å². The predicted octanol–water partition coefficient (Wildman–Crippen LogP) is 10.7. The summed E-state index contributed by atoms with van der Waals surface area (Å²) in [6, 6.07) is 9.41.